The van der Waals surface area contributed by atoms with Gasteiger partial charge in [-0.15, -0.1) is 0 Å². The van der Waals surface area contributed by atoms with Crippen LogP contribution in [0.2, 0.25) is 0 Å². The Morgan fingerprint density at radius 1 is 1.30 bits per heavy atom. The maximum Gasteiger partial charge on any atom is 0.189 e. The number of allylic oxidation sites excluding steroid dienone is 1. The molecular weight excluding hydrogens is 367 g/mol. The fourth-order valence-electron chi connectivity index (χ4n) is 2.29. The highest BCUT2D eigenvalue weighted by Gasteiger charge is 2.15. The number of hydrogen-bond acceptors (Lipinski definition) is 4. The Labute approximate surface area is 140 Å². The molecule has 0 saturated carbocycles. The first-order chi connectivity index (χ1) is 11.0. The molecule has 3 rings (SSSR count). The summed E-state index contributed by atoms with van der Waals surface area (Å²) in [4.78, 5) is 12.2. The molecule has 0 amide bonds. The normalized spacial score (nSPS) is 13.7. The first-order valence-corrected chi connectivity index (χ1v) is 7.58. The van der Waals surface area contributed by atoms with Crippen molar-refractivity contribution >= 4 is 27.8 Å². The highest BCUT2D eigenvalue weighted by atomic mass is 79.9. The van der Waals surface area contributed by atoms with Crippen molar-refractivity contribution in [3.63, 3.8) is 0 Å². The molecule has 0 fully saturated rings. The summed E-state index contributed by atoms with van der Waals surface area (Å²) in [6.45, 7) is 0.572. The van der Waals surface area contributed by atoms with Crippen LogP contribution < -0.4 is 4.74 Å². The number of ether oxygens (including phenoxy) is 2. The molecule has 0 spiro atoms. The summed E-state index contributed by atoms with van der Waals surface area (Å²) in [5.74, 6) is -0.698. The van der Waals surface area contributed by atoms with Crippen LogP contribution in [-0.2, 0) is 11.3 Å². The van der Waals surface area contributed by atoms with E-state index < -0.39 is 11.6 Å². The largest absolute Gasteiger partial charge is 0.507 e. The van der Waals surface area contributed by atoms with Gasteiger partial charge in [-0.05, 0) is 42.5 Å². The molecule has 2 aromatic rings. The number of rotatable bonds is 3. The van der Waals surface area contributed by atoms with E-state index >= 15 is 0 Å². The van der Waals surface area contributed by atoms with Gasteiger partial charge >= 0.3 is 0 Å². The van der Waals surface area contributed by atoms with Gasteiger partial charge in [0.15, 0.2) is 12.6 Å². The van der Waals surface area contributed by atoms with Gasteiger partial charge in [-0.2, -0.15) is 0 Å². The number of ketones is 1. The average Bonchev–Trinajstić information content (AvgIpc) is 2.54. The van der Waals surface area contributed by atoms with E-state index in [-0.39, 0.29) is 18.1 Å². The monoisotopic (exact) mass is 378 g/mol. The lowest BCUT2D eigenvalue weighted by atomic mass is 10.1. The fourth-order valence-corrected chi connectivity index (χ4v) is 2.82. The first kappa shape index (κ1) is 15.7. The molecule has 4 nitrogen and oxygen atoms in total. The number of phenols is 1. The summed E-state index contributed by atoms with van der Waals surface area (Å²) >= 11 is 3.39. The van der Waals surface area contributed by atoms with Crippen LogP contribution in [0.15, 0.2) is 40.9 Å². The van der Waals surface area contributed by atoms with E-state index in [1.54, 1.807) is 12.1 Å². The Balaban J connectivity index is 1.92. The van der Waals surface area contributed by atoms with E-state index in [4.69, 9.17) is 9.47 Å². The zero-order valence-corrected chi connectivity index (χ0v) is 13.5. The van der Waals surface area contributed by atoms with Crippen molar-refractivity contribution < 1.29 is 23.8 Å². The summed E-state index contributed by atoms with van der Waals surface area (Å²) in [6.07, 6.45) is 2.84. The molecule has 1 heterocycles. The minimum atomic E-state index is -0.583. The summed E-state index contributed by atoms with van der Waals surface area (Å²) in [5.41, 5.74) is 1.47. The molecule has 6 heteroatoms. The van der Waals surface area contributed by atoms with Gasteiger partial charge in [-0.1, -0.05) is 15.9 Å². The molecule has 0 atom stereocenters. The predicted molar refractivity (Wildman–Crippen MR) is 85.9 cm³/mol. The highest BCUT2D eigenvalue weighted by molar-refractivity contribution is 9.10. The summed E-state index contributed by atoms with van der Waals surface area (Å²) in [7, 11) is 0. The maximum absolute atomic E-state index is 13.2. The molecule has 23 heavy (non-hydrogen) atoms. The van der Waals surface area contributed by atoms with Crippen LogP contribution in [0, 0.1) is 5.82 Å². The van der Waals surface area contributed by atoms with E-state index in [0.29, 0.717) is 17.9 Å². The standard InChI is InChI=1S/C17H12BrFO4/c18-12-5-10(17-11(6-12)8-22-9-23-17)1-3-15(20)14-7-13(19)2-4-16(14)21/h1-7,21H,8-9H2. The van der Waals surface area contributed by atoms with Gasteiger partial charge in [0.2, 0.25) is 0 Å². The van der Waals surface area contributed by atoms with Crippen LogP contribution >= 0.6 is 15.9 Å². The van der Waals surface area contributed by atoms with Crippen LogP contribution in [-0.4, -0.2) is 17.7 Å². The molecule has 0 radical (unpaired) electrons. The molecule has 2 aromatic carbocycles. The molecule has 0 unspecified atom stereocenters. The molecule has 1 N–H and O–H groups in total. The quantitative estimate of drug-likeness (QED) is 0.646. The zero-order chi connectivity index (χ0) is 16.4. The van der Waals surface area contributed by atoms with Crippen LogP contribution in [0.5, 0.6) is 11.5 Å². The van der Waals surface area contributed by atoms with Crippen LogP contribution in [0.3, 0.4) is 0 Å². The second-order valence-electron chi connectivity index (χ2n) is 4.95. The molecule has 0 bridgehead atoms. The first-order valence-electron chi connectivity index (χ1n) is 6.78. The molecule has 0 saturated heterocycles. The lowest BCUT2D eigenvalue weighted by Gasteiger charge is -2.20. The fraction of sp³-hybridized carbons (Fsp3) is 0.118. The third-order valence-corrected chi connectivity index (χ3v) is 3.80. The smallest absolute Gasteiger partial charge is 0.189 e. The van der Waals surface area contributed by atoms with E-state index in [2.05, 4.69) is 15.9 Å². The van der Waals surface area contributed by atoms with Gasteiger partial charge in [0.05, 0.1) is 12.2 Å². The van der Waals surface area contributed by atoms with Crippen LogP contribution in [0.1, 0.15) is 21.5 Å². The summed E-state index contributed by atoms with van der Waals surface area (Å²) in [6, 6.07) is 6.93. The average molecular weight is 379 g/mol. The number of fused-ring (bicyclic) bond motifs is 1. The molecule has 0 aliphatic carbocycles. The van der Waals surface area contributed by atoms with Gasteiger partial charge in [-0.3, -0.25) is 4.79 Å². The number of carbonyl (C=O) groups excluding carboxylic acids is 1. The second-order valence-corrected chi connectivity index (χ2v) is 5.87. The highest BCUT2D eigenvalue weighted by Crippen LogP contribution is 2.32. The van der Waals surface area contributed by atoms with Crippen molar-refractivity contribution in [1.29, 1.82) is 0 Å². The van der Waals surface area contributed by atoms with Gasteiger partial charge in [0.25, 0.3) is 0 Å². The van der Waals surface area contributed by atoms with Crippen molar-refractivity contribution in [2.45, 2.75) is 6.61 Å². The van der Waals surface area contributed by atoms with Crippen molar-refractivity contribution in [2.75, 3.05) is 6.79 Å². The Hall–Kier alpha value is -2.18. The minimum Gasteiger partial charge on any atom is -0.507 e. The van der Waals surface area contributed by atoms with Gasteiger partial charge < -0.3 is 14.6 Å². The topological polar surface area (TPSA) is 55.8 Å². The number of carbonyl (C=O) groups is 1. The van der Waals surface area contributed by atoms with Crippen molar-refractivity contribution in [1.82, 2.24) is 0 Å². The predicted octanol–water partition coefficient (Wildman–Crippen LogP) is 4.06. The van der Waals surface area contributed by atoms with Gasteiger partial charge in [0.1, 0.15) is 17.3 Å². The molecule has 1 aliphatic heterocycles. The third kappa shape index (κ3) is 3.43. The third-order valence-electron chi connectivity index (χ3n) is 3.34. The number of hydrogen-bond donors (Lipinski definition) is 1. The Kier molecular flexibility index (Phi) is 4.45. The van der Waals surface area contributed by atoms with Crippen LogP contribution in [0.25, 0.3) is 6.08 Å². The lowest BCUT2D eigenvalue weighted by Crippen LogP contribution is -2.12. The summed E-state index contributed by atoms with van der Waals surface area (Å²) < 4.78 is 24.7. The second kappa shape index (κ2) is 6.52. The number of phenolic OH excluding ortho intramolecular Hbond substituents is 1. The number of halogens is 2. The summed E-state index contributed by atoms with van der Waals surface area (Å²) in [5, 5.41) is 9.67. The number of aromatic hydroxyl groups is 1. The lowest BCUT2D eigenvalue weighted by molar-refractivity contribution is -0.0165. The zero-order valence-electron chi connectivity index (χ0n) is 11.9. The van der Waals surface area contributed by atoms with Gasteiger partial charge in [-0.25, -0.2) is 4.39 Å². The van der Waals surface area contributed by atoms with Gasteiger partial charge in [0, 0.05) is 15.6 Å². The number of benzene rings is 2. The van der Waals surface area contributed by atoms with Crippen LogP contribution in [0.4, 0.5) is 4.39 Å². The Morgan fingerprint density at radius 2 is 2.13 bits per heavy atom. The molecule has 0 aromatic heterocycles. The van der Waals surface area contributed by atoms with Crippen molar-refractivity contribution in [3.8, 4) is 11.5 Å². The molecule has 1 aliphatic rings. The SMILES string of the molecule is O=C(C=Cc1cc(Br)cc2c1OCOC2)c1cc(F)ccc1O. The van der Waals surface area contributed by atoms with E-state index in [1.807, 2.05) is 6.07 Å². The Bertz CT molecular complexity index is 801. The van der Waals surface area contributed by atoms with E-state index in [9.17, 15) is 14.3 Å². The van der Waals surface area contributed by atoms with E-state index in [1.165, 1.54) is 6.08 Å². The Morgan fingerprint density at radius 3 is 2.96 bits per heavy atom. The van der Waals surface area contributed by atoms with Crippen molar-refractivity contribution in [2.24, 2.45) is 0 Å². The minimum absolute atomic E-state index is 0.0885. The maximum atomic E-state index is 13.2. The molecular formula is C17H12BrFO4. The van der Waals surface area contributed by atoms with Crippen molar-refractivity contribution in [3.05, 3.63) is 63.4 Å². The van der Waals surface area contributed by atoms with E-state index in [0.717, 1.165) is 28.2 Å². The molecule has 118 valence electrons.